The molecule has 1 fully saturated rings. The van der Waals surface area contributed by atoms with Crippen molar-refractivity contribution in [2.45, 2.75) is 31.5 Å². The maximum atomic E-state index is 9.08. The van der Waals surface area contributed by atoms with Crippen molar-refractivity contribution in [3.63, 3.8) is 0 Å². The molecule has 0 bridgehead atoms. The fourth-order valence-corrected chi connectivity index (χ4v) is 1.23. The second-order valence-corrected chi connectivity index (χ2v) is 2.66. The maximum absolute atomic E-state index is 9.08. The van der Waals surface area contributed by atoms with Gasteiger partial charge in [0.15, 0.2) is 0 Å². The van der Waals surface area contributed by atoms with E-state index in [-0.39, 0.29) is 12.2 Å². The second-order valence-electron chi connectivity index (χ2n) is 2.66. The van der Waals surface area contributed by atoms with Crippen LogP contribution in [0.25, 0.3) is 0 Å². The lowest BCUT2D eigenvalue weighted by atomic mass is 10.3. The number of aliphatic hydroxyl groups excluding tert-OH is 1. The maximum Gasteiger partial charge on any atom is 0.146 e. The van der Waals surface area contributed by atoms with Gasteiger partial charge in [-0.05, 0) is 19.3 Å². The largest absolute Gasteiger partial charge is 0.393 e. The molecule has 3 nitrogen and oxygen atoms in total. The van der Waals surface area contributed by atoms with Crippen molar-refractivity contribution in [2.24, 2.45) is 0 Å². The molecule has 60 valence electrons. The van der Waals surface area contributed by atoms with Gasteiger partial charge in [-0.25, -0.2) is 0 Å². The van der Waals surface area contributed by atoms with E-state index in [0.29, 0.717) is 6.79 Å². The molecule has 0 spiro atoms. The smallest absolute Gasteiger partial charge is 0.146 e. The highest BCUT2D eigenvalue weighted by atomic mass is 16.7. The third-order valence-corrected chi connectivity index (χ3v) is 1.78. The molecule has 1 saturated carbocycles. The number of rotatable bonds is 3. The molecule has 0 aromatic rings. The van der Waals surface area contributed by atoms with Crippen molar-refractivity contribution in [2.75, 3.05) is 13.9 Å². The first kappa shape index (κ1) is 7.98. The lowest BCUT2D eigenvalue weighted by Gasteiger charge is -2.08. The van der Waals surface area contributed by atoms with Crippen molar-refractivity contribution in [3.05, 3.63) is 0 Å². The fourth-order valence-electron chi connectivity index (χ4n) is 1.23. The highest BCUT2D eigenvalue weighted by Gasteiger charge is 2.22. The highest BCUT2D eigenvalue weighted by molar-refractivity contribution is 4.74. The van der Waals surface area contributed by atoms with Gasteiger partial charge in [-0.1, -0.05) is 0 Å². The van der Waals surface area contributed by atoms with Crippen LogP contribution in [0.5, 0.6) is 0 Å². The molecule has 0 aromatic carbocycles. The second kappa shape index (κ2) is 3.91. The molecule has 1 aliphatic carbocycles. The first-order chi connectivity index (χ1) is 4.83. The molecule has 0 amide bonds. The van der Waals surface area contributed by atoms with E-state index in [4.69, 9.17) is 14.6 Å². The predicted molar refractivity (Wildman–Crippen MR) is 36.6 cm³/mol. The average molecular weight is 146 g/mol. The Labute approximate surface area is 60.9 Å². The third kappa shape index (κ3) is 2.25. The summed E-state index contributed by atoms with van der Waals surface area (Å²) in [6, 6.07) is 0. The van der Waals surface area contributed by atoms with E-state index < -0.39 is 0 Å². The monoisotopic (exact) mass is 146 g/mol. The molecule has 0 radical (unpaired) electrons. The van der Waals surface area contributed by atoms with Gasteiger partial charge >= 0.3 is 0 Å². The summed E-state index contributed by atoms with van der Waals surface area (Å²) in [7, 11) is 1.60. The van der Waals surface area contributed by atoms with Gasteiger partial charge in [-0.2, -0.15) is 0 Å². The minimum Gasteiger partial charge on any atom is -0.393 e. The fraction of sp³-hybridized carbons (Fsp3) is 1.00. The predicted octanol–water partition coefficient (Wildman–Crippen LogP) is 0.520. The van der Waals surface area contributed by atoms with Crippen molar-refractivity contribution < 1.29 is 14.6 Å². The van der Waals surface area contributed by atoms with E-state index in [1.807, 2.05) is 0 Å². The summed E-state index contributed by atoms with van der Waals surface area (Å²) in [5.74, 6) is 0. The Morgan fingerprint density at radius 3 is 2.80 bits per heavy atom. The van der Waals surface area contributed by atoms with Crippen LogP contribution in [0.1, 0.15) is 19.3 Å². The number of hydrogen-bond donors (Lipinski definition) is 1. The zero-order chi connectivity index (χ0) is 7.40. The van der Waals surface area contributed by atoms with Crippen LogP contribution < -0.4 is 0 Å². The van der Waals surface area contributed by atoms with Crippen molar-refractivity contribution in [3.8, 4) is 0 Å². The van der Waals surface area contributed by atoms with Crippen LogP contribution in [0, 0.1) is 0 Å². The van der Waals surface area contributed by atoms with Crippen molar-refractivity contribution in [1.82, 2.24) is 0 Å². The lowest BCUT2D eigenvalue weighted by molar-refractivity contribution is -0.0715. The highest BCUT2D eigenvalue weighted by Crippen LogP contribution is 2.21. The van der Waals surface area contributed by atoms with Gasteiger partial charge in [0.1, 0.15) is 6.79 Å². The van der Waals surface area contributed by atoms with Crippen molar-refractivity contribution in [1.29, 1.82) is 0 Å². The van der Waals surface area contributed by atoms with Crippen LogP contribution in [0.15, 0.2) is 0 Å². The van der Waals surface area contributed by atoms with E-state index in [9.17, 15) is 0 Å². The normalized spacial score (nSPS) is 33.0. The molecule has 10 heavy (non-hydrogen) atoms. The zero-order valence-corrected chi connectivity index (χ0v) is 6.25. The Kier molecular flexibility index (Phi) is 3.12. The van der Waals surface area contributed by atoms with Gasteiger partial charge in [-0.15, -0.1) is 0 Å². The van der Waals surface area contributed by atoms with Crippen LogP contribution in [-0.2, 0) is 9.47 Å². The molecular weight excluding hydrogens is 132 g/mol. The lowest BCUT2D eigenvalue weighted by Crippen LogP contribution is -2.11. The van der Waals surface area contributed by atoms with Crippen molar-refractivity contribution >= 4 is 0 Å². The first-order valence-corrected chi connectivity index (χ1v) is 3.61. The minimum atomic E-state index is -0.151. The summed E-state index contributed by atoms with van der Waals surface area (Å²) in [6.45, 7) is 0.345. The quantitative estimate of drug-likeness (QED) is 0.590. The summed E-state index contributed by atoms with van der Waals surface area (Å²) in [5, 5.41) is 9.08. The SMILES string of the molecule is COCO[C@H]1CC[C@H](O)C1. The Morgan fingerprint density at radius 1 is 1.50 bits per heavy atom. The van der Waals surface area contributed by atoms with Gasteiger partial charge in [-0.3, -0.25) is 0 Å². The van der Waals surface area contributed by atoms with E-state index in [1.54, 1.807) is 7.11 Å². The topological polar surface area (TPSA) is 38.7 Å². The molecule has 0 unspecified atom stereocenters. The third-order valence-electron chi connectivity index (χ3n) is 1.78. The van der Waals surface area contributed by atoms with E-state index in [1.165, 1.54) is 0 Å². The molecule has 0 heterocycles. The van der Waals surface area contributed by atoms with Gasteiger partial charge in [0, 0.05) is 7.11 Å². The molecule has 1 aliphatic rings. The standard InChI is InChI=1S/C7H14O3/c1-9-5-10-7-3-2-6(8)4-7/h6-8H,2-5H2,1H3/t6-,7-/m0/s1. The van der Waals surface area contributed by atoms with Crippen LogP contribution in [-0.4, -0.2) is 31.2 Å². The molecule has 0 aliphatic heterocycles. The summed E-state index contributed by atoms with van der Waals surface area (Å²) < 4.78 is 9.98. The van der Waals surface area contributed by atoms with Crippen LogP contribution in [0.2, 0.25) is 0 Å². The number of methoxy groups -OCH3 is 1. The van der Waals surface area contributed by atoms with E-state index in [0.717, 1.165) is 19.3 Å². The molecular formula is C7H14O3. The number of aliphatic hydroxyl groups is 1. The van der Waals surface area contributed by atoms with E-state index >= 15 is 0 Å². The van der Waals surface area contributed by atoms with Crippen LogP contribution in [0.4, 0.5) is 0 Å². The molecule has 0 saturated heterocycles. The zero-order valence-electron chi connectivity index (χ0n) is 6.25. The van der Waals surface area contributed by atoms with Gasteiger partial charge < -0.3 is 14.6 Å². The average Bonchev–Trinajstić information content (AvgIpc) is 2.31. The summed E-state index contributed by atoms with van der Waals surface area (Å²) >= 11 is 0. The van der Waals surface area contributed by atoms with E-state index in [2.05, 4.69) is 0 Å². The van der Waals surface area contributed by atoms with Gasteiger partial charge in [0.25, 0.3) is 0 Å². The molecule has 2 atom stereocenters. The number of hydrogen-bond acceptors (Lipinski definition) is 3. The molecule has 3 heteroatoms. The number of ether oxygens (including phenoxy) is 2. The molecule has 0 aromatic heterocycles. The first-order valence-electron chi connectivity index (χ1n) is 3.61. The molecule has 1 rings (SSSR count). The summed E-state index contributed by atoms with van der Waals surface area (Å²) in [4.78, 5) is 0. The van der Waals surface area contributed by atoms with Crippen LogP contribution in [0.3, 0.4) is 0 Å². The molecule has 1 N–H and O–H groups in total. The minimum absolute atomic E-state index is 0.151. The summed E-state index contributed by atoms with van der Waals surface area (Å²) in [5.41, 5.74) is 0. The Morgan fingerprint density at radius 2 is 2.30 bits per heavy atom. The van der Waals surface area contributed by atoms with Gasteiger partial charge in [0.2, 0.25) is 0 Å². The summed E-state index contributed by atoms with van der Waals surface area (Å²) in [6.07, 6.45) is 2.67. The Balaban J connectivity index is 2.06. The Bertz CT molecular complexity index is 94.9. The Hall–Kier alpha value is -0.120. The van der Waals surface area contributed by atoms with Crippen LogP contribution >= 0.6 is 0 Å². The van der Waals surface area contributed by atoms with Gasteiger partial charge in [0.05, 0.1) is 12.2 Å².